The minimum Gasteiger partial charge on any atom is -0.466 e. The van der Waals surface area contributed by atoms with Gasteiger partial charge in [0.25, 0.3) is 0 Å². The van der Waals surface area contributed by atoms with Crippen LogP contribution in [0, 0.1) is 5.92 Å². The fourth-order valence-electron chi connectivity index (χ4n) is 3.43. The van der Waals surface area contributed by atoms with Crippen LogP contribution in [0.3, 0.4) is 0 Å². The fourth-order valence-corrected chi connectivity index (χ4v) is 3.43. The van der Waals surface area contributed by atoms with E-state index in [1.807, 2.05) is 6.92 Å². The molecule has 1 saturated heterocycles. The van der Waals surface area contributed by atoms with Crippen molar-refractivity contribution in [3.05, 3.63) is 35.4 Å². The molecule has 0 saturated carbocycles. The van der Waals surface area contributed by atoms with Gasteiger partial charge in [-0.25, -0.2) is 0 Å². The molecule has 0 amide bonds. The number of piperidine rings is 1. The molecule has 24 heavy (non-hydrogen) atoms. The van der Waals surface area contributed by atoms with Gasteiger partial charge in [-0.15, -0.1) is 0 Å². The second-order valence-corrected chi connectivity index (χ2v) is 7.55. The summed E-state index contributed by atoms with van der Waals surface area (Å²) in [6.45, 7) is 12.3. The molecule has 0 radical (unpaired) electrons. The van der Waals surface area contributed by atoms with Crippen LogP contribution in [0.1, 0.15) is 58.1 Å². The van der Waals surface area contributed by atoms with E-state index >= 15 is 0 Å². The van der Waals surface area contributed by atoms with Gasteiger partial charge in [-0.3, -0.25) is 4.79 Å². The lowest BCUT2D eigenvalue weighted by Gasteiger charge is -2.34. The molecule has 1 aromatic rings. The predicted molar refractivity (Wildman–Crippen MR) is 99.3 cm³/mol. The lowest BCUT2D eigenvalue weighted by molar-refractivity contribution is -0.149. The summed E-state index contributed by atoms with van der Waals surface area (Å²) in [6, 6.07) is 9.07. The van der Waals surface area contributed by atoms with Crippen LogP contribution in [-0.2, 0) is 21.4 Å². The first-order valence-corrected chi connectivity index (χ1v) is 9.44. The van der Waals surface area contributed by atoms with Gasteiger partial charge in [0.1, 0.15) is 0 Å². The Morgan fingerprint density at radius 1 is 1.17 bits per heavy atom. The van der Waals surface area contributed by atoms with Gasteiger partial charge in [0.05, 0.1) is 12.5 Å². The van der Waals surface area contributed by atoms with Gasteiger partial charge in [-0.1, -0.05) is 45.0 Å². The van der Waals surface area contributed by atoms with Crippen LogP contribution in [0.4, 0.5) is 0 Å². The lowest BCUT2D eigenvalue weighted by Crippen LogP contribution is -2.39. The van der Waals surface area contributed by atoms with Crippen molar-refractivity contribution >= 4 is 5.97 Å². The monoisotopic (exact) mass is 331 g/mol. The van der Waals surface area contributed by atoms with E-state index in [-0.39, 0.29) is 17.3 Å². The van der Waals surface area contributed by atoms with Crippen molar-refractivity contribution in [2.45, 2.75) is 58.8 Å². The second-order valence-electron chi connectivity index (χ2n) is 7.55. The smallest absolute Gasteiger partial charge is 0.309 e. The number of hydrogen-bond acceptors (Lipinski definition) is 3. The lowest BCUT2D eigenvalue weighted by atomic mass is 9.81. The van der Waals surface area contributed by atoms with Crippen molar-refractivity contribution in [2.75, 3.05) is 26.2 Å². The molecule has 2 rings (SSSR count). The van der Waals surface area contributed by atoms with Gasteiger partial charge in [0.15, 0.2) is 0 Å². The summed E-state index contributed by atoms with van der Waals surface area (Å²) >= 11 is 0. The van der Waals surface area contributed by atoms with Crippen LogP contribution in [0.15, 0.2) is 24.3 Å². The Kier molecular flexibility index (Phi) is 6.85. The molecule has 1 aliphatic rings. The Labute approximate surface area is 147 Å². The third-order valence-corrected chi connectivity index (χ3v) is 5.40. The second kappa shape index (κ2) is 8.66. The summed E-state index contributed by atoms with van der Waals surface area (Å²) in [5.74, 6) is 0.101. The number of carbonyl (C=O) groups excluding carboxylic acids is 1. The van der Waals surface area contributed by atoms with Crippen LogP contribution < -0.4 is 0 Å². The van der Waals surface area contributed by atoms with E-state index in [0.29, 0.717) is 6.61 Å². The molecule has 0 aromatic heterocycles. The number of carbonyl (C=O) groups is 1. The Morgan fingerprint density at radius 3 is 2.33 bits per heavy atom. The van der Waals surface area contributed by atoms with Gasteiger partial charge in [-0.05, 0) is 68.8 Å². The molecule has 3 heteroatoms. The number of likely N-dealkylation sites (tertiary alicyclic amines) is 1. The van der Waals surface area contributed by atoms with Crippen molar-refractivity contribution in [3.8, 4) is 0 Å². The minimum absolute atomic E-state index is 0.00602. The molecule has 0 unspecified atom stereocenters. The van der Waals surface area contributed by atoms with E-state index in [9.17, 15) is 4.79 Å². The largest absolute Gasteiger partial charge is 0.466 e. The highest BCUT2D eigenvalue weighted by atomic mass is 16.5. The Hall–Kier alpha value is -1.35. The molecule has 0 aliphatic carbocycles. The average molecular weight is 332 g/mol. The Bertz CT molecular complexity index is 513. The molecule has 0 N–H and O–H groups in total. The third-order valence-electron chi connectivity index (χ3n) is 5.40. The molecular weight excluding hydrogens is 298 g/mol. The number of hydrogen-bond donors (Lipinski definition) is 0. The van der Waals surface area contributed by atoms with Crippen LogP contribution in [0.2, 0.25) is 0 Å². The zero-order valence-corrected chi connectivity index (χ0v) is 15.8. The maximum atomic E-state index is 11.8. The summed E-state index contributed by atoms with van der Waals surface area (Å²) in [5.41, 5.74) is 3.00. The molecule has 1 fully saturated rings. The van der Waals surface area contributed by atoms with Gasteiger partial charge in [-0.2, -0.15) is 0 Å². The molecule has 1 aliphatic heterocycles. The Balaban J connectivity index is 1.81. The van der Waals surface area contributed by atoms with Gasteiger partial charge >= 0.3 is 5.97 Å². The van der Waals surface area contributed by atoms with Crippen molar-refractivity contribution in [2.24, 2.45) is 5.92 Å². The first-order chi connectivity index (χ1) is 11.5. The van der Waals surface area contributed by atoms with E-state index in [0.717, 1.165) is 45.3 Å². The molecule has 3 nitrogen and oxygen atoms in total. The first kappa shape index (κ1) is 19.0. The SMILES string of the molecule is CCOC(=O)C1CCN(CCC(C)(C)c2ccc(CC)cc2)CC1. The zero-order valence-electron chi connectivity index (χ0n) is 15.8. The standard InChI is InChI=1S/C21H33NO2/c1-5-17-7-9-19(10-8-17)21(3,4)13-16-22-14-11-18(12-15-22)20(23)24-6-2/h7-10,18H,5-6,11-16H2,1-4H3. The summed E-state index contributed by atoms with van der Waals surface area (Å²) in [4.78, 5) is 14.3. The molecule has 0 atom stereocenters. The van der Waals surface area contributed by atoms with E-state index in [2.05, 4.69) is 49.9 Å². The summed E-state index contributed by atoms with van der Waals surface area (Å²) in [5, 5.41) is 0. The fraction of sp³-hybridized carbons (Fsp3) is 0.667. The molecule has 1 heterocycles. The molecule has 1 aromatic carbocycles. The van der Waals surface area contributed by atoms with Crippen LogP contribution in [-0.4, -0.2) is 37.1 Å². The van der Waals surface area contributed by atoms with Crippen molar-refractivity contribution in [1.82, 2.24) is 4.90 Å². The number of aryl methyl sites for hydroxylation is 1. The summed E-state index contributed by atoms with van der Waals surface area (Å²) < 4.78 is 5.15. The van der Waals surface area contributed by atoms with Crippen molar-refractivity contribution in [3.63, 3.8) is 0 Å². The van der Waals surface area contributed by atoms with Crippen LogP contribution in [0.25, 0.3) is 0 Å². The topological polar surface area (TPSA) is 29.5 Å². The van der Waals surface area contributed by atoms with Crippen molar-refractivity contribution in [1.29, 1.82) is 0 Å². The van der Waals surface area contributed by atoms with E-state index in [4.69, 9.17) is 4.74 Å². The maximum absolute atomic E-state index is 11.8. The first-order valence-electron chi connectivity index (χ1n) is 9.44. The van der Waals surface area contributed by atoms with E-state index < -0.39 is 0 Å². The van der Waals surface area contributed by atoms with Gasteiger partial charge in [0, 0.05) is 0 Å². The zero-order chi connectivity index (χ0) is 17.6. The number of benzene rings is 1. The molecule has 0 spiro atoms. The van der Waals surface area contributed by atoms with Crippen LogP contribution in [0.5, 0.6) is 0 Å². The average Bonchev–Trinajstić information content (AvgIpc) is 2.61. The van der Waals surface area contributed by atoms with Gasteiger partial charge < -0.3 is 9.64 Å². The van der Waals surface area contributed by atoms with Crippen molar-refractivity contribution < 1.29 is 9.53 Å². The van der Waals surface area contributed by atoms with Gasteiger partial charge in [0.2, 0.25) is 0 Å². The number of rotatable bonds is 7. The molecular formula is C21H33NO2. The number of ether oxygens (including phenoxy) is 1. The molecule has 0 bridgehead atoms. The highest BCUT2D eigenvalue weighted by molar-refractivity contribution is 5.72. The highest BCUT2D eigenvalue weighted by Crippen LogP contribution is 2.28. The summed E-state index contributed by atoms with van der Waals surface area (Å²) in [6.07, 6.45) is 4.10. The predicted octanol–water partition coefficient (Wildman–Crippen LogP) is 4.19. The highest BCUT2D eigenvalue weighted by Gasteiger charge is 2.27. The van der Waals surface area contributed by atoms with E-state index in [1.54, 1.807) is 0 Å². The normalized spacial score (nSPS) is 17.0. The number of nitrogens with zero attached hydrogens (tertiary/aromatic N) is 1. The quantitative estimate of drug-likeness (QED) is 0.702. The summed E-state index contributed by atoms with van der Waals surface area (Å²) in [7, 11) is 0. The minimum atomic E-state index is -0.00602. The molecule has 134 valence electrons. The van der Waals surface area contributed by atoms with E-state index in [1.165, 1.54) is 11.1 Å². The Morgan fingerprint density at radius 2 is 1.79 bits per heavy atom. The van der Waals surface area contributed by atoms with Crippen LogP contribution >= 0.6 is 0 Å². The maximum Gasteiger partial charge on any atom is 0.309 e. The third kappa shape index (κ3) is 5.07. The number of esters is 1.